The van der Waals surface area contributed by atoms with Crippen molar-refractivity contribution in [1.29, 1.82) is 0 Å². The molecule has 124 valence electrons. The van der Waals surface area contributed by atoms with Crippen LogP contribution in [0.25, 0.3) is 10.8 Å². The third-order valence-electron chi connectivity index (χ3n) is 4.11. The zero-order valence-electron chi connectivity index (χ0n) is 13.8. The Balaban J connectivity index is 1.74. The van der Waals surface area contributed by atoms with Crippen LogP contribution in [0.2, 0.25) is 0 Å². The first-order chi connectivity index (χ1) is 11.5. The van der Waals surface area contributed by atoms with E-state index in [1.807, 2.05) is 50.2 Å². The molecule has 3 rings (SSSR count). The Hall–Kier alpha value is -2.66. The van der Waals surface area contributed by atoms with Gasteiger partial charge in [-0.15, -0.1) is 0 Å². The first-order valence-electron chi connectivity index (χ1n) is 8.04. The molecule has 0 aliphatic rings. The van der Waals surface area contributed by atoms with E-state index < -0.39 is 0 Å². The van der Waals surface area contributed by atoms with Crippen LogP contribution >= 0.6 is 0 Å². The highest BCUT2D eigenvalue weighted by Crippen LogP contribution is 2.18. The van der Waals surface area contributed by atoms with Crippen LogP contribution in [0, 0.1) is 0 Å². The number of nitrogens with zero attached hydrogens (tertiary/aromatic N) is 2. The standard InChI is InChI=1S/C19H21N3O2/c1-13(21-14(2)15-7-5-8-17(23)10-15)12-22-19(24)18-9-4-3-6-16(18)11-20-22/h3-11,13-14,21,23H,12H2,1-2H3/t13-,14-/m0/s1. The molecule has 0 aliphatic carbocycles. The minimum atomic E-state index is -0.0771. The van der Waals surface area contributed by atoms with Gasteiger partial charge in [-0.2, -0.15) is 5.10 Å². The van der Waals surface area contributed by atoms with Crippen LogP contribution in [0.5, 0.6) is 5.75 Å². The number of aromatic hydroxyl groups is 1. The van der Waals surface area contributed by atoms with Crippen molar-refractivity contribution in [3.8, 4) is 5.75 Å². The predicted octanol–water partition coefficient (Wildman–Crippen LogP) is 2.84. The van der Waals surface area contributed by atoms with Crippen LogP contribution in [-0.4, -0.2) is 20.9 Å². The number of benzene rings is 2. The molecule has 0 saturated carbocycles. The smallest absolute Gasteiger partial charge is 0.274 e. The van der Waals surface area contributed by atoms with E-state index in [0.29, 0.717) is 11.9 Å². The number of fused-ring (bicyclic) bond motifs is 1. The van der Waals surface area contributed by atoms with Crippen molar-refractivity contribution in [3.05, 3.63) is 70.6 Å². The van der Waals surface area contributed by atoms with Gasteiger partial charge in [-0.1, -0.05) is 30.3 Å². The molecule has 0 radical (unpaired) electrons. The molecule has 0 aliphatic heterocycles. The molecule has 3 aromatic rings. The first kappa shape index (κ1) is 16.2. The number of nitrogens with one attached hydrogen (secondary N) is 1. The quantitative estimate of drug-likeness (QED) is 0.758. The zero-order valence-corrected chi connectivity index (χ0v) is 13.8. The first-order valence-corrected chi connectivity index (χ1v) is 8.04. The van der Waals surface area contributed by atoms with Crippen molar-refractivity contribution in [3.63, 3.8) is 0 Å². The summed E-state index contributed by atoms with van der Waals surface area (Å²) in [4.78, 5) is 12.5. The maximum atomic E-state index is 12.5. The van der Waals surface area contributed by atoms with E-state index in [0.717, 1.165) is 10.9 Å². The Morgan fingerprint density at radius 3 is 2.75 bits per heavy atom. The van der Waals surface area contributed by atoms with Crippen molar-refractivity contribution in [1.82, 2.24) is 15.1 Å². The van der Waals surface area contributed by atoms with Gasteiger partial charge >= 0.3 is 0 Å². The summed E-state index contributed by atoms with van der Waals surface area (Å²) in [6.45, 7) is 4.53. The summed E-state index contributed by atoms with van der Waals surface area (Å²) in [6.07, 6.45) is 1.72. The summed E-state index contributed by atoms with van der Waals surface area (Å²) in [7, 11) is 0. The molecule has 0 spiro atoms. The Bertz CT molecular complexity index is 904. The molecule has 0 unspecified atom stereocenters. The second kappa shape index (κ2) is 6.84. The largest absolute Gasteiger partial charge is 0.508 e. The topological polar surface area (TPSA) is 67.2 Å². The average molecular weight is 323 g/mol. The van der Waals surface area contributed by atoms with E-state index in [4.69, 9.17) is 0 Å². The van der Waals surface area contributed by atoms with E-state index in [2.05, 4.69) is 10.4 Å². The molecule has 1 aromatic heterocycles. The predicted molar refractivity (Wildman–Crippen MR) is 95.1 cm³/mol. The highest BCUT2D eigenvalue weighted by molar-refractivity contribution is 5.80. The number of phenolic OH excluding ortho intramolecular Hbond substituents is 1. The lowest BCUT2D eigenvalue weighted by atomic mass is 10.1. The van der Waals surface area contributed by atoms with Gasteiger partial charge in [-0.25, -0.2) is 4.68 Å². The Morgan fingerprint density at radius 2 is 1.96 bits per heavy atom. The number of rotatable bonds is 5. The van der Waals surface area contributed by atoms with Crippen LogP contribution in [0.4, 0.5) is 0 Å². The fraction of sp³-hybridized carbons (Fsp3) is 0.263. The third kappa shape index (κ3) is 3.46. The Kier molecular flexibility index (Phi) is 4.62. The van der Waals surface area contributed by atoms with Gasteiger partial charge in [0.25, 0.3) is 5.56 Å². The lowest BCUT2D eigenvalue weighted by Gasteiger charge is -2.21. The fourth-order valence-corrected chi connectivity index (χ4v) is 2.89. The molecule has 0 saturated heterocycles. The van der Waals surface area contributed by atoms with Gasteiger partial charge in [0.2, 0.25) is 0 Å². The molecule has 0 amide bonds. The molecule has 2 N–H and O–H groups in total. The normalized spacial score (nSPS) is 13.8. The molecule has 0 bridgehead atoms. The maximum Gasteiger partial charge on any atom is 0.274 e. The molecule has 5 nitrogen and oxygen atoms in total. The lowest BCUT2D eigenvalue weighted by molar-refractivity contribution is 0.403. The number of hydrogen-bond donors (Lipinski definition) is 2. The molecule has 24 heavy (non-hydrogen) atoms. The van der Waals surface area contributed by atoms with Gasteiger partial charge in [0.05, 0.1) is 18.1 Å². The SMILES string of the molecule is C[C@H](N[C@@H](C)Cn1ncc2ccccc2c1=O)c1cccc(O)c1. The second-order valence-corrected chi connectivity index (χ2v) is 6.10. The van der Waals surface area contributed by atoms with Gasteiger partial charge in [0, 0.05) is 17.5 Å². The van der Waals surface area contributed by atoms with Gasteiger partial charge in [-0.05, 0) is 37.6 Å². The summed E-state index contributed by atoms with van der Waals surface area (Å²) in [5, 5.41) is 18.8. The summed E-state index contributed by atoms with van der Waals surface area (Å²) in [5.41, 5.74) is 0.924. The van der Waals surface area contributed by atoms with Gasteiger partial charge in [0.15, 0.2) is 0 Å². The number of hydrogen-bond acceptors (Lipinski definition) is 4. The average Bonchev–Trinajstić information content (AvgIpc) is 2.57. The third-order valence-corrected chi connectivity index (χ3v) is 4.11. The van der Waals surface area contributed by atoms with Crippen LogP contribution in [-0.2, 0) is 6.54 Å². The van der Waals surface area contributed by atoms with Crippen LogP contribution in [0.15, 0.2) is 59.5 Å². The Morgan fingerprint density at radius 1 is 1.17 bits per heavy atom. The van der Waals surface area contributed by atoms with Crippen molar-refractivity contribution in [2.24, 2.45) is 0 Å². The highest BCUT2D eigenvalue weighted by atomic mass is 16.3. The monoisotopic (exact) mass is 323 g/mol. The molecule has 0 fully saturated rings. The van der Waals surface area contributed by atoms with Gasteiger partial charge < -0.3 is 10.4 Å². The molecule has 2 aromatic carbocycles. The maximum absolute atomic E-state index is 12.5. The molecule has 1 heterocycles. The zero-order chi connectivity index (χ0) is 17.1. The van der Waals surface area contributed by atoms with E-state index in [1.165, 1.54) is 4.68 Å². The fourth-order valence-electron chi connectivity index (χ4n) is 2.89. The van der Waals surface area contributed by atoms with E-state index in [9.17, 15) is 9.90 Å². The molecular weight excluding hydrogens is 302 g/mol. The highest BCUT2D eigenvalue weighted by Gasteiger charge is 2.12. The Labute approximate surface area is 140 Å². The van der Waals surface area contributed by atoms with Crippen molar-refractivity contribution < 1.29 is 5.11 Å². The molecule has 2 atom stereocenters. The summed E-state index contributed by atoms with van der Waals surface area (Å²) >= 11 is 0. The van der Waals surface area contributed by atoms with E-state index in [1.54, 1.807) is 18.3 Å². The van der Waals surface area contributed by atoms with Crippen molar-refractivity contribution >= 4 is 10.8 Å². The van der Waals surface area contributed by atoms with Crippen LogP contribution in [0.3, 0.4) is 0 Å². The molecule has 5 heteroatoms. The minimum absolute atomic E-state index is 0.0497. The van der Waals surface area contributed by atoms with E-state index in [-0.39, 0.29) is 23.4 Å². The van der Waals surface area contributed by atoms with Gasteiger partial charge in [0.1, 0.15) is 5.75 Å². The lowest BCUT2D eigenvalue weighted by Crippen LogP contribution is -2.36. The van der Waals surface area contributed by atoms with Crippen LogP contribution in [0.1, 0.15) is 25.5 Å². The number of phenols is 1. The van der Waals surface area contributed by atoms with Crippen molar-refractivity contribution in [2.75, 3.05) is 0 Å². The van der Waals surface area contributed by atoms with Gasteiger partial charge in [-0.3, -0.25) is 4.79 Å². The number of aromatic nitrogens is 2. The van der Waals surface area contributed by atoms with Crippen LogP contribution < -0.4 is 10.9 Å². The summed E-state index contributed by atoms with van der Waals surface area (Å²) in [6, 6.07) is 14.8. The van der Waals surface area contributed by atoms with E-state index >= 15 is 0 Å². The summed E-state index contributed by atoms with van der Waals surface area (Å²) in [5.74, 6) is 0.251. The second-order valence-electron chi connectivity index (χ2n) is 6.10. The summed E-state index contributed by atoms with van der Waals surface area (Å²) < 4.78 is 1.50. The van der Waals surface area contributed by atoms with Crippen molar-refractivity contribution in [2.45, 2.75) is 32.5 Å². The minimum Gasteiger partial charge on any atom is -0.508 e. The molecular formula is C19H21N3O2.